The average molecular weight is 446 g/mol. The van der Waals surface area contributed by atoms with Gasteiger partial charge in [0, 0.05) is 23.4 Å². The van der Waals surface area contributed by atoms with Crippen molar-refractivity contribution in [1.82, 2.24) is 4.72 Å². The van der Waals surface area contributed by atoms with Gasteiger partial charge >= 0.3 is 11.9 Å². The number of carboxylic acids is 1. The molecule has 1 fully saturated rings. The fraction of sp³-hybridized carbons (Fsp3) is 0.333. The van der Waals surface area contributed by atoms with Crippen LogP contribution in [0.25, 0.3) is 0 Å². The van der Waals surface area contributed by atoms with E-state index >= 15 is 0 Å². The molecule has 10 heteroatoms. The summed E-state index contributed by atoms with van der Waals surface area (Å²) in [5, 5.41) is 21.4. The van der Waals surface area contributed by atoms with Crippen molar-refractivity contribution in [3.8, 4) is 17.2 Å². The maximum atomic E-state index is 12.5. The number of aryl methyl sites for hydroxylation is 1. The highest BCUT2D eigenvalue weighted by Crippen LogP contribution is 2.41. The molecule has 0 unspecified atom stereocenters. The summed E-state index contributed by atoms with van der Waals surface area (Å²) in [5.41, 5.74) is 2.74. The molecule has 4 rings (SSSR count). The molecule has 2 aromatic carbocycles. The van der Waals surface area contributed by atoms with E-state index in [-0.39, 0.29) is 22.4 Å². The van der Waals surface area contributed by atoms with E-state index in [1.165, 1.54) is 18.2 Å². The third kappa shape index (κ3) is 4.35. The number of rotatable bonds is 6. The van der Waals surface area contributed by atoms with Gasteiger partial charge in [-0.05, 0) is 68.4 Å². The van der Waals surface area contributed by atoms with Gasteiger partial charge in [-0.25, -0.2) is 17.9 Å². The first kappa shape index (κ1) is 21.1. The average Bonchev–Trinajstić information content (AvgIpc) is 3.36. The Balaban J connectivity index is 1.67. The van der Waals surface area contributed by atoms with Crippen LogP contribution in [0.1, 0.15) is 36.0 Å². The SMILES string of the molecule is Cc1cc(NC(=O)C(=O)O)c2c(c1Oc1ccc(O)c(S(=O)(=O)NC3CC3)c1)CCC2. The second-order valence-corrected chi connectivity index (χ2v) is 9.45. The van der Waals surface area contributed by atoms with Crippen molar-refractivity contribution in [1.29, 1.82) is 0 Å². The first-order valence-corrected chi connectivity index (χ1v) is 11.4. The lowest BCUT2D eigenvalue weighted by molar-refractivity contribution is -0.147. The number of aliphatic carboxylic acids is 1. The lowest BCUT2D eigenvalue weighted by atomic mass is 10.0. The monoisotopic (exact) mass is 446 g/mol. The van der Waals surface area contributed by atoms with E-state index in [9.17, 15) is 23.1 Å². The maximum Gasteiger partial charge on any atom is 0.394 e. The number of carbonyl (C=O) groups is 2. The Labute approximate surface area is 179 Å². The number of carboxylic acid groups (broad SMARTS) is 1. The van der Waals surface area contributed by atoms with Crippen molar-refractivity contribution in [2.75, 3.05) is 5.32 Å². The van der Waals surface area contributed by atoms with Gasteiger partial charge in [0.2, 0.25) is 10.0 Å². The van der Waals surface area contributed by atoms with Crippen LogP contribution in [-0.4, -0.2) is 36.5 Å². The molecular weight excluding hydrogens is 424 g/mol. The fourth-order valence-corrected chi connectivity index (χ4v) is 5.12. The number of sulfonamides is 1. The summed E-state index contributed by atoms with van der Waals surface area (Å²) in [5.74, 6) is -2.27. The molecule has 0 atom stereocenters. The number of phenols is 1. The fourth-order valence-electron chi connectivity index (χ4n) is 3.70. The first-order valence-electron chi connectivity index (χ1n) is 9.88. The summed E-state index contributed by atoms with van der Waals surface area (Å²) in [7, 11) is -3.88. The largest absolute Gasteiger partial charge is 0.507 e. The zero-order valence-corrected chi connectivity index (χ0v) is 17.6. The third-order valence-electron chi connectivity index (χ3n) is 5.32. The Morgan fingerprint density at radius 3 is 2.52 bits per heavy atom. The van der Waals surface area contributed by atoms with Crippen molar-refractivity contribution >= 4 is 27.6 Å². The van der Waals surface area contributed by atoms with Crippen molar-refractivity contribution in [2.24, 2.45) is 0 Å². The van der Waals surface area contributed by atoms with E-state index in [0.717, 1.165) is 30.4 Å². The van der Waals surface area contributed by atoms with E-state index in [2.05, 4.69) is 10.0 Å². The molecule has 9 nitrogen and oxygen atoms in total. The van der Waals surface area contributed by atoms with Crippen LogP contribution in [0.4, 0.5) is 5.69 Å². The van der Waals surface area contributed by atoms with Gasteiger partial charge < -0.3 is 20.3 Å². The number of anilines is 1. The van der Waals surface area contributed by atoms with Gasteiger partial charge in [-0.15, -0.1) is 0 Å². The number of hydrogen-bond donors (Lipinski definition) is 4. The maximum absolute atomic E-state index is 12.5. The third-order valence-corrected chi connectivity index (χ3v) is 6.87. The second kappa shape index (κ2) is 7.86. The van der Waals surface area contributed by atoms with Crippen LogP contribution in [0.15, 0.2) is 29.2 Å². The molecule has 164 valence electrons. The lowest BCUT2D eigenvalue weighted by Gasteiger charge is -2.18. The van der Waals surface area contributed by atoms with Crippen LogP contribution in [0.2, 0.25) is 0 Å². The van der Waals surface area contributed by atoms with E-state index < -0.39 is 21.9 Å². The number of amides is 1. The molecule has 0 radical (unpaired) electrons. The summed E-state index contributed by atoms with van der Waals surface area (Å²) in [6.07, 6.45) is 3.68. The predicted octanol–water partition coefficient (Wildman–Crippen LogP) is 2.45. The molecule has 31 heavy (non-hydrogen) atoms. The Hall–Kier alpha value is -3.11. The van der Waals surface area contributed by atoms with Crippen molar-refractivity contribution in [3.05, 3.63) is 41.0 Å². The van der Waals surface area contributed by atoms with Gasteiger partial charge in [0.1, 0.15) is 22.1 Å². The highest BCUT2D eigenvalue weighted by atomic mass is 32.2. The number of fused-ring (bicyclic) bond motifs is 1. The lowest BCUT2D eigenvalue weighted by Crippen LogP contribution is -2.25. The molecule has 4 N–H and O–H groups in total. The van der Waals surface area contributed by atoms with Crippen LogP contribution in [0.3, 0.4) is 0 Å². The van der Waals surface area contributed by atoms with E-state index in [1.807, 2.05) is 0 Å². The Kier molecular flexibility index (Phi) is 5.36. The van der Waals surface area contributed by atoms with Gasteiger partial charge in [-0.1, -0.05) is 0 Å². The molecule has 0 bridgehead atoms. The molecule has 0 heterocycles. The Bertz CT molecular complexity index is 1190. The van der Waals surface area contributed by atoms with E-state index in [4.69, 9.17) is 9.84 Å². The first-order chi connectivity index (χ1) is 14.7. The van der Waals surface area contributed by atoms with Crippen LogP contribution >= 0.6 is 0 Å². The van der Waals surface area contributed by atoms with Gasteiger partial charge in [0.25, 0.3) is 0 Å². The highest BCUT2D eigenvalue weighted by Gasteiger charge is 2.30. The van der Waals surface area contributed by atoms with Crippen LogP contribution in [-0.2, 0) is 32.5 Å². The molecule has 0 aliphatic heterocycles. The number of nitrogens with one attached hydrogen (secondary N) is 2. The summed E-state index contributed by atoms with van der Waals surface area (Å²) >= 11 is 0. The minimum absolute atomic E-state index is 0.104. The van der Waals surface area contributed by atoms with E-state index in [1.54, 1.807) is 13.0 Å². The predicted molar refractivity (Wildman–Crippen MR) is 111 cm³/mol. The molecular formula is C21H22N2O7S. The van der Waals surface area contributed by atoms with Crippen LogP contribution < -0.4 is 14.8 Å². The normalized spacial score (nSPS) is 15.4. The molecule has 2 aliphatic carbocycles. The number of phenolic OH excluding ortho intramolecular Hbond substituents is 1. The molecule has 2 aromatic rings. The number of benzene rings is 2. The summed E-state index contributed by atoms with van der Waals surface area (Å²) in [6.45, 7) is 1.76. The molecule has 1 amide bonds. The van der Waals surface area contributed by atoms with Crippen molar-refractivity contribution in [3.63, 3.8) is 0 Å². The quantitative estimate of drug-likeness (QED) is 0.499. The van der Waals surface area contributed by atoms with Crippen LogP contribution in [0.5, 0.6) is 17.2 Å². The van der Waals surface area contributed by atoms with Crippen molar-refractivity contribution in [2.45, 2.75) is 50.0 Å². The minimum atomic E-state index is -3.88. The van der Waals surface area contributed by atoms with E-state index in [0.29, 0.717) is 29.8 Å². The number of carbonyl (C=O) groups excluding carboxylic acids is 1. The zero-order valence-electron chi connectivity index (χ0n) is 16.8. The van der Waals surface area contributed by atoms with Gasteiger partial charge in [0.05, 0.1) is 0 Å². The van der Waals surface area contributed by atoms with Crippen LogP contribution in [0, 0.1) is 6.92 Å². The topological polar surface area (TPSA) is 142 Å². The van der Waals surface area contributed by atoms with Crippen molar-refractivity contribution < 1.29 is 33.0 Å². The zero-order chi connectivity index (χ0) is 22.3. The molecule has 0 saturated heterocycles. The van der Waals surface area contributed by atoms with Gasteiger partial charge in [-0.3, -0.25) is 4.79 Å². The minimum Gasteiger partial charge on any atom is -0.507 e. The summed E-state index contributed by atoms with van der Waals surface area (Å²) in [6, 6.07) is 5.57. The number of aromatic hydroxyl groups is 1. The Morgan fingerprint density at radius 2 is 1.84 bits per heavy atom. The summed E-state index contributed by atoms with van der Waals surface area (Å²) in [4.78, 5) is 22.3. The standard InChI is InChI=1S/C21H22N2O7S/c1-11-9-16(22-20(25)21(26)27)14-3-2-4-15(14)19(11)30-13-7-8-17(24)18(10-13)31(28,29)23-12-5-6-12/h7-10,12,23-24H,2-6H2,1H3,(H,22,25)(H,26,27). The smallest absolute Gasteiger partial charge is 0.394 e. The molecule has 0 aromatic heterocycles. The molecule has 2 aliphatic rings. The van der Waals surface area contributed by atoms with Gasteiger partial charge in [0.15, 0.2) is 0 Å². The summed E-state index contributed by atoms with van der Waals surface area (Å²) < 4.78 is 33.7. The molecule has 0 spiro atoms. The number of hydrogen-bond acceptors (Lipinski definition) is 6. The highest BCUT2D eigenvalue weighted by molar-refractivity contribution is 7.89. The second-order valence-electron chi connectivity index (χ2n) is 7.77. The number of ether oxygens (including phenoxy) is 1. The molecule has 1 saturated carbocycles. The van der Waals surface area contributed by atoms with Gasteiger partial charge in [-0.2, -0.15) is 0 Å². The Morgan fingerprint density at radius 1 is 1.13 bits per heavy atom.